The zero-order valence-corrected chi connectivity index (χ0v) is 12.5. The van der Waals surface area contributed by atoms with E-state index in [-0.39, 0.29) is 0 Å². The van der Waals surface area contributed by atoms with E-state index in [1.54, 1.807) is 29.6 Å². The number of nitrogens with zero attached hydrogens (tertiary/aromatic N) is 5. The van der Waals surface area contributed by atoms with Crippen LogP contribution in [-0.4, -0.2) is 36.2 Å². The second kappa shape index (κ2) is 6.38. The fraction of sp³-hybridized carbons (Fsp3) is 0.538. The topological polar surface area (TPSA) is 86.9 Å². The van der Waals surface area contributed by atoms with Crippen molar-refractivity contribution in [2.75, 3.05) is 0 Å². The lowest BCUT2D eigenvalue weighted by Crippen LogP contribution is -2.32. The van der Waals surface area contributed by atoms with Gasteiger partial charge >= 0.3 is 6.09 Å². The van der Waals surface area contributed by atoms with Crippen LogP contribution in [0.4, 0.5) is 4.79 Å². The first-order valence-electron chi connectivity index (χ1n) is 6.74. The van der Waals surface area contributed by atoms with E-state index in [0.717, 1.165) is 5.69 Å². The number of imidazole rings is 1. The summed E-state index contributed by atoms with van der Waals surface area (Å²) in [5.41, 5.74) is 0.401. The summed E-state index contributed by atoms with van der Waals surface area (Å²) >= 11 is 0. The molecule has 0 aliphatic rings. The van der Waals surface area contributed by atoms with Gasteiger partial charge in [0.15, 0.2) is 0 Å². The van der Waals surface area contributed by atoms with Crippen molar-refractivity contribution in [3.05, 3.63) is 30.6 Å². The van der Waals surface area contributed by atoms with Crippen molar-refractivity contribution < 1.29 is 9.53 Å². The molecule has 0 saturated carbocycles. The lowest BCUT2D eigenvalue weighted by atomic mass is 10.2. The molecule has 2 aromatic rings. The first-order valence-corrected chi connectivity index (χ1v) is 6.74. The second-order valence-corrected chi connectivity index (χ2v) is 5.60. The van der Waals surface area contributed by atoms with Gasteiger partial charge in [0, 0.05) is 18.9 Å². The van der Waals surface area contributed by atoms with Gasteiger partial charge in [0.25, 0.3) is 0 Å². The summed E-state index contributed by atoms with van der Waals surface area (Å²) in [4.78, 5) is 15.7. The molecule has 2 aromatic heterocycles. The van der Waals surface area contributed by atoms with Crippen molar-refractivity contribution >= 4 is 6.09 Å². The highest BCUT2D eigenvalue weighted by molar-refractivity contribution is 5.67. The van der Waals surface area contributed by atoms with Crippen molar-refractivity contribution in [3.8, 4) is 0 Å². The smallest absolute Gasteiger partial charge is 0.407 e. The fourth-order valence-corrected chi connectivity index (χ4v) is 1.74. The van der Waals surface area contributed by atoms with E-state index in [0.29, 0.717) is 19.6 Å². The highest BCUT2D eigenvalue weighted by Crippen LogP contribution is 2.07. The van der Waals surface area contributed by atoms with Gasteiger partial charge in [0.05, 0.1) is 31.3 Å². The van der Waals surface area contributed by atoms with E-state index in [1.165, 1.54) is 0 Å². The van der Waals surface area contributed by atoms with E-state index in [4.69, 9.17) is 4.74 Å². The molecule has 0 saturated heterocycles. The van der Waals surface area contributed by atoms with Gasteiger partial charge < -0.3 is 14.6 Å². The van der Waals surface area contributed by atoms with Crippen LogP contribution >= 0.6 is 0 Å². The van der Waals surface area contributed by atoms with Crippen LogP contribution in [0.15, 0.2) is 24.9 Å². The number of amides is 1. The van der Waals surface area contributed by atoms with E-state index in [9.17, 15) is 4.79 Å². The molecule has 0 unspecified atom stereocenters. The monoisotopic (exact) mass is 292 g/mol. The Morgan fingerprint density at radius 1 is 1.38 bits per heavy atom. The summed E-state index contributed by atoms with van der Waals surface area (Å²) in [6.45, 7) is 7.25. The van der Waals surface area contributed by atoms with E-state index >= 15 is 0 Å². The second-order valence-electron chi connectivity index (χ2n) is 5.60. The number of aryl methyl sites for hydroxylation is 2. The Morgan fingerprint density at radius 2 is 2.19 bits per heavy atom. The third-order valence-corrected chi connectivity index (χ3v) is 2.65. The maximum absolute atomic E-state index is 11.6. The van der Waals surface area contributed by atoms with E-state index in [2.05, 4.69) is 20.6 Å². The van der Waals surface area contributed by atoms with Gasteiger partial charge in [-0.15, -0.1) is 5.10 Å². The van der Waals surface area contributed by atoms with Crippen molar-refractivity contribution in [2.24, 2.45) is 0 Å². The molecule has 1 amide bonds. The average Bonchev–Trinajstić information content (AvgIpc) is 3.03. The predicted octanol–water partition coefficient (Wildman–Crippen LogP) is 1.20. The number of ether oxygens (including phenoxy) is 1. The van der Waals surface area contributed by atoms with Gasteiger partial charge in [0.2, 0.25) is 0 Å². The molecule has 0 aromatic carbocycles. The Hall–Kier alpha value is -2.38. The Morgan fingerprint density at radius 3 is 2.86 bits per heavy atom. The fourth-order valence-electron chi connectivity index (χ4n) is 1.74. The molecular formula is C13H20N6O2. The number of carbonyl (C=O) groups is 1. The number of nitrogens with one attached hydrogen (secondary N) is 1. The summed E-state index contributed by atoms with van der Waals surface area (Å²) in [5, 5.41) is 10.4. The van der Waals surface area contributed by atoms with Crippen LogP contribution in [0.25, 0.3) is 0 Å². The molecule has 0 radical (unpaired) electrons. The quantitative estimate of drug-likeness (QED) is 0.894. The lowest BCUT2D eigenvalue weighted by Gasteiger charge is -2.19. The number of carbonyl (C=O) groups excluding carboxylic acids is 1. The SMILES string of the molecule is CC(C)(C)OC(=O)NCc1cncn1CCn1ccnn1. The first kappa shape index (κ1) is 15.0. The zero-order valence-electron chi connectivity index (χ0n) is 12.5. The lowest BCUT2D eigenvalue weighted by molar-refractivity contribution is 0.0522. The van der Waals surface area contributed by atoms with Crippen LogP contribution in [0.3, 0.4) is 0 Å². The van der Waals surface area contributed by atoms with Gasteiger partial charge in [-0.2, -0.15) is 0 Å². The molecule has 2 rings (SSSR count). The summed E-state index contributed by atoms with van der Waals surface area (Å²) in [7, 11) is 0. The Balaban J connectivity index is 1.84. The Bertz CT molecular complexity index is 570. The molecule has 2 heterocycles. The summed E-state index contributed by atoms with van der Waals surface area (Å²) in [6.07, 6.45) is 6.45. The van der Waals surface area contributed by atoms with Crippen molar-refractivity contribution in [1.82, 2.24) is 29.9 Å². The molecule has 8 nitrogen and oxygen atoms in total. The van der Waals surface area contributed by atoms with Crippen LogP contribution < -0.4 is 5.32 Å². The van der Waals surface area contributed by atoms with Gasteiger partial charge in [-0.3, -0.25) is 4.68 Å². The molecule has 0 spiro atoms. The van der Waals surface area contributed by atoms with E-state index < -0.39 is 11.7 Å². The maximum Gasteiger partial charge on any atom is 0.407 e. The molecule has 0 aliphatic carbocycles. The standard InChI is InChI=1S/C13H20N6O2/c1-13(2,3)21-12(20)15-9-11-8-14-10-18(11)6-7-19-5-4-16-17-19/h4-5,8,10H,6-7,9H2,1-3H3,(H,15,20). The Kier molecular flexibility index (Phi) is 4.56. The summed E-state index contributed by atoms with van der Waals surface area (Å²) < 4.78 is 8.89. The largest absolute Gasteiger partial charge is 0.444 e. The molecule has 21 heavy (non-hydrogen) atoms. The Labute approximate surface area is 123 Å². The van der Waals surface area contributed by atoms with Crippen LogP contribution in [-0.2, 0) is 24.4 Å². The number of hydrogen-bond donors (Lipinski definition) is 1. The first-order chi connectivity index (χ1) is 9.94. The number of hydrogen-bond acceptors (Lipinski definition) is 5. The number of rotatable bonds is 5. The van der Waals surface area contributed by atoms with Crippen molar-refractivity contribution in [2.45, 2.75) is 46.0 Å². The highest BCUT2D eigenvalue weighted by Gasteiger charge is 2.16. The van der Waals surface area contributed by atoms with Crippen LogP contribution in [0.2, 0.25) is 0 Å². The molecule has 1 N–H and O–H groups in total. The molecule has 0 bridgehead atoms. The van der Waals surface area contributed by atoms with Gasteiger partial charge in [-0.1, -0.05) is 5.21 Å². The predicted molar refractivity (Wildman–Crippen MR) is 75.3 cm³/mol. The summed E-state index contributed by atoms with van der Waals surface area (Å²) in [5.74, 6) is 0. The molecule has 8 heteroatoms. The summed E-state index contributed by atoms with van der Waals surface area (Å²) in [6, 6.07) is 0. The third-order valence-electron chi connectivity index (χ3n) is 2.65. The van der Waals surface area contributed by atoms with Crippen molar-refractivity contribution in [1.29, 1.82) is 0 Å². The normalized spacial score (nSPS) is 11.4. The molecule has 0 atom stereocenters. The maximum atomic E-state index is 11.6. The van der Waals surface area contributed by atoms with Crippen molar-refractivity contribution in [3.63, 3.8) is 0 Å². The molecule has 0 aliphatic heterocycles. The minimum absolute atomic E-state index is 0.367. The minimum Gasteiger partial charge on any atom is -0.444 e. The zero-order chi connectivity index (χ0) is 15.3. The minimum atomic E-state index is -0.503. The number of alkyl carbamates (subject to hydrolysis) is 1. The van der Waals surface area contributed by atoms with Gasteiger partial charge in [-0.05, 0) is 20.8 Å². The van der Waals surface area contributed by atoms with Crippen LogP contribution in [0.5, 0.6) is 0 Å². The highest BCUT2D eigenvalue weighted by atomic mass is 16.6. The van der Waals surface area contributed by atoms with Crippen LogP contribution in [0, 0.1) is 0 Å². The van der Waals surface area contributed by atoms with Gasteiger partial charge in [0.1, 0.15) is 5.60 Å². The average molecular weight is 292 g/mol. The van der Waals surface area contributed by atoms with E-state index in [1.807, 2.05) is 25.3 Å². The van der Waals surface area contributed by atoms with Gasteiger partial charge in [-0.25, -0.2) is 9.78 Å². The molecular weight excluding hydrogens is 272 g/mol. The molecule has 114 valence electrons. The number of aromatic nitrogens is 5. The molecule has 0 fully saturated rings. The third kappa shape index (κ3) is 4.90. The van der Waals surface area contributed by atoms with Crippen LogP contribution in [0.1, 0.15) is 26.5 Å².